The van der Waals surface area contributed by atoms with E-state index in [1.54, 1.807) is 0 Å². The second-order valence-corrected chi connectivity index (χ2v) is 11.1. The molecule has 1 aromatic rings. The fourth-order valence-electron chi connectivity index (χ4n) is 1.53. The minimum atomic E-state index is -10.7. The van der Waals surface area contributed by atoms with Crippen LogP contribution in [-0.2, 0) is 7.05 Å². The summed E-state index contributed by atoms with van der Waals surface area (Å²) in [5.41, 5.74) is 1.23. The average molecular weight is 467 g/mol. The second-order valence-electron chi connectivity index (χ2n) is 4.91. The molecule has 0 fully saturated rings. The fraction of sp³-hybridized carbons (Fsp3) is 0.0714. The van der Waals surface area contributed by atoms with Crippen LogP contribution in [0.1, 0.15) is 5.56 Å². The first-order chi connectivity index (χ1) is 11.8. The van der Waals surface area contributed by atoms with Crippen LogP contribution in [0.15, 0.2) is 60.2 Å². The maximum atomic E-state index is 9.87. The van der Waals surface area contributed by atoms with Crippen molar-refractivity contribution in [3.63, 3.8) is 0 Å². The fourth-order valence-corrected chi connectivity index (χ4v) is 5.88. The second kappa shape index (κ2) is 7.50. The Morgan fingerprint density at radius 3 is 1.92 bits per heavy atom. The van der Waals surface area contributed by atoms with Gasteiger partial charge in [-0.05, 0) is 27.9 Å². The zero-order chi connectivity index (χ0) is 19.5. The van der Waals surface area contributed by atoms with Crippen LogP contribution >= 0.6 is 54.9 Å². The third kappa shape index (κ3) is 10.0. The molecule has 0 aromatic carbocycles. The molecule has 2 aliphatic rings. The van der Waals surface area contributed by atoms with E-state index in [9.17, 15) is 25.2 Å². The van der Waals surface area contributed by atoms with E-state index in [2.05, 4.69) is 52.9 Å². The van der Waals surface area contributed by atoms with Gasteiger partial charge in [-0.25, -0.2) is 4.57 Å². The first-order valence-electron chi connectivity index (χ1n) is 6.73. The predicted octanol–water partition coefficient (Wildman–Crippen LogP) is 8.31. The molecule has 0 N–H and O–H groups in total. The van der Waals surface area contributed by atoms with Crippen LogP contribution in [0.25, 0.3) is 6.08 Å². The van der Waals surface area contributed by atoms with Crippen LogP contribution < -0.4 is 4.57 Å². The summed E-state index contributed by atoms with van der Waals surface area (Å²) in [6.07, 6.45) is 8.49. The van der Waals surface area contributed by atoms with Crippen molar-refractivity contribution in [2.45, 2.75) is 0 Å². The van der Waals surface area contributed by atoms with Crippen molar-refractivity contribution in [1.82, 2.24) is 0 Å². The summed E-state index contributed by atoms with van der Waals surface area (Å²) in [5.74, 6) is 0. The summed E-state index contributed by atoms with van der Waals surface area (Å²) in [4.78, 5) is 1.31. The number of aromatic nitrogens is 1. The van der Waals surface area contributed by atoms with E-state index in [4.69, 9.17) is 0 Å². The van der Waals surface area contributed by atoms with Gasteiger partial charge in [0.25, 0.3) is 0 Å². The van der Waals surface area contributed by atoms with Gasteiger partial charge in [0.2, 0.25) is 0 Å². The van der Waals surface area contributed by atoms with E-state index in [-0.39, 0.29) is 0 Å². The standard InChI is InChI=1S/C14H12NS4.F6P/c1-15-6-4-11(5-7-15)2-3-12-10-18-14(19-12)13-16-8-9-17-13;1-7(2,3,4,5)6/h2-10H,1H3;/q+1;-1/b3-2+;. The molecule has 0 unspecified atom stereocenters. The molecule has 3 rings (SSSR count). The van der Waals surface area contributed by atoms with Crippen molar-refractivity contribution >= 4 is 60.9 Å². The summed E-state index contributed by atoms with van der Waals surface area (Å²) >= 11 is 7.33. The first-order valence-corrected chi connectivity index (χ1v) is 12.2. The molecular formula is C14H12F6NPS4. The molecule has 2 aliphatic heterocycles. The van der Waals surface area contributed by atoms with E-state index in [1.165, 1.54) is 18.9 Å². The average Bonchev–Trinajstić information content (AvgIpc) is 3.14. The normalized spacial score (nSPS) is 19.9. The number of halogens is 6. The van der Waals surface area contributed by atoms with Crippen LogP contribution in [0.5, 0.6) is 0 Å². The number of thioether (sulfide) groups is 4. The quantitative estimate of drug-likeness (QED) is 0.244. The minimum absolute atomic E-state index is 1.23. The molecule has 0 saturated carbocycles. The Morgan fingerprint density at radius 2 is 1.38 bits per heavy atom. The van der Waals surface area contributed by atoms with Gasteiger partial charge in [0, 0.05) is 17.0 Å². The molecule has 0 saturated heterocycles. The number of nitrogens with zero attached hydrogens (tertiary/aromatic N) is 1. The Morgan fingerprint density at radius 1 is 0.846 bits per heavy atom. The van der Waals surface area contributed by atoms with Gasteiger partial charge >= 0.3 is 33.0 Å². The van der Waals surface area contributed by atoms with Gasteiger partial charge in [0.1, 0.15) is 7.05 Å². The van der Waals surface area contributed by atoms with Crippen molar-refractivity contribution in [3.05, 3.63) is 65.8 Å². The zero-order valence-corrected chi connectivity index (χ0v) is 17.2. The molecule has 0 amide bonds. The number of rotatable bonds is 2. The van der Waals surface area contributed by atoms with Crippen molar-refractivity contribution in [2.75, 3.05) is 0 Å². The number of hydrogen-bond donors (Lipinski definition) is 0. The zero-order valence-electron chi connectivity index (χ0n) is 13.0. The molecule has 3 heterocycles. The van der Waals surface area contributed by atoms with E-state index in [0.29, 0.717) is 0 Å². The van der Waals surface area contributed by atoms with Crippen LogP contribution in [0, 0.1) is 0 Å². The van der Waals surface area contributed by atoms with Crippen LogP contribution in [0.4, 0.5) is 25.2 Å². The third-order valence-electron chi connectivity index (χ3n) is 2.51. The third-order valence-corrected chi connectivity index (χ3v) is 7.51. The Hall–Kier alpha value is -0.480. The Balaban J connectivity index is 0.000000298. The number of hydrogen-bond acceptors (Lipinski definition) is 4. The van der Waals surface area contributed by atoms with Gasteiger partial charge in [-0.3, -0.25) is 0 Å². The van der Waals surface area contributed by atoms with Crippen molar-refractivity contribution in [2.24, 2.45) is 7.05 Å². The maximum absolute atomic E-state index is 10.7. The SMILES string of the molecule is C[n+]1ccc(/C=C/C2=CSC(=C3SC=CS3)S2)cc1.F[P-](F)(F)(F)(F)F. The topological polar surface area (TPSA) is 3.88 Å². The van der Waals surface area contributed by atoms with Gasteiger partial charge in [-0.2, -0.15) is 0 Å². The van der Waals surface area contributed by atoms with E-state index in [0.717, 1.165) is 0 Å². The molecule has 12 heteroatoms. The Kier molecular flexibility index (Phi) is 6.30. The number of aryl methyl sites for hydroxylation is 1. The van der Waals surface area contributed by atoms with Gasteiger partial charge in [0.05, 0.1) is 8.47 Å². The Labute approximate surface area is 163 Å². The summed E-state index contributed by atoms with van der Waals surface area (Å²) < 4.78 is 64.0. The number of pyridine rings is 1. The van der Waals surface area contributed by atoms with Crippen LogP contribution in [0.2, 0.25) is 0 Å². The summed E-state index contributed by atoms with van der Waals surface area (Å²) in [6.45, 7) is 0. The van der Waals surface area contributed by atoms with E-state index in [1.807, 2.05) is 58.7 Å². The van der Waals surface area contributed by atoms with Gasteiger partial charge in [0.15, 0.2) is 12.4 Å². The summed E-state index contributed by atoms with van der Waals surface area (Å²) in [6, 6.07) is 4.24. The Bertz CT molecular complexity index is 776. The van der Waals surface area contributed by atoms with Crippen LogP contribution in [-0.4, -0.2) is 0 Å². The summed E-state index contributed by atoms with van der Waals surface area (Å²) in [7, 11) is -8.63. The molecule has 1 nitrogen and oxygen atoms in total. The van der Waals surface area contributed by atoms with Crippen molar-refractivity contribution in [1.29, 1.82) is 0 Å². The molecule has 0 atom stereocenters. The van der Waals surface area contributed by atoms with Crippen molar-refractivity contribution < 1.29 is 29.7 Å². The molecule has 0 spiro atoms. The van der Waals surface area contributed by atoms with Gasteiger partial charge in [-0.15, -0.1) is 0 Å². The summed E-state index contributed by atoms with van der Waals surface area (Å²) in [5, 5.41) is 6.52. The predicted molar refractivity (Wildman–Crippen MR) is 105 cm³/mol. The molecule has 144 valence electrons. The molecule has 0 radical (unpaired) electrons. The molecule has 1 aromatic heterocycles. The number of allylic oxidation sites excluding steroid dienone is 1. The van der Waals surface area contributed by atoms with Crippen molar-refractivity contribution in [3.8, 4) is 0 Å². The molecular weight excluding hydrogens is 455 g/mol. The van der Waals surface area contributed by atoms with Crippen LogP contribution in [0.3, 0.4) is 0 Å². The first kappa shape index (κ1) is 21.8. The monoisotopic (exact) mass is 467 g/mol. The molecule has 0 aliphatic carbocycles. The van der Waals surface area contributed by atoms with E-state index >= 15 is 0 Å². The molecule has 26 heavy (non-hydrogen) atoms. The van der Waals surface area contributed by atoms with E-state index < -0.39 is 7.81 Å². The van der Waals surface area contributed by atoms with Gasteiger partial charge < -0.3 is 0 Å². The molecule has 0 bridgehead atoms. The van der Waals surface area contributed by atoms with Gasteiger partial charge in [-0.1, -0.05) is 53.1 Å².